The Bertz CT molecular complexity index is 312. The molecule has 0 aliphatic rings. The molecule has 0 spiro atoms. The minimum atomic E-state index is 0.698. The molecule has 0 saturated heterocycles. The molecule has 0 atom stereocenters. The largest absolute Gasteiger partial charge is 0.463 e. The van der Waals surface area contributed by atoms with Crippen LogP contribution < -0.4 is 0 Å². The van der Waals surface area contributed by atoms with E-state index in [1.807, 2.05) is 6.07 Å². The van der Waals surface area contributed by atoms with Crippen molar-refractivity contribution < 1.29 is 4.42 Å². The number of furan rings is 1. The van der Waals surface area contributed by atoms with Gasteiger partial charge in [-0.25, -0.2) is 4.68 Å². The number of hydrogen-bond acceptors (Lipinski definition) is 4. The van der Waals surface area contributed by atoms with Crippen LogP contribution in [0.15, 0.2) is 40.6 Å². The van der Waals surface area contributed by atoms with Crippen LogP contribution in [0.25, 0.3) is 0 Å². The summed E-state index contributed by atoms with van der Waals surface area (Å²) in [6.07, 6.45) is 6.18. The first-order valence-electron chi connectivity index (χ1n) is 3.37. The molecule has 0 aromatic carbocycles. The maximum Gasteiger partial charge on any atom is 0.146 e. The fourth-order valence-corrected chi connectivity index (χ4v) is 0.743. The van der Waals surface area contributed by atoms with E-state index in [1.165, 1.54) is 17.3 Å². The van der Waals surface area contributed by atoms with Gasteiger partial charge in [0.05, 0.1) is 12.5 Å². The molecule has 0 amide bonds. The monoisotopic (exact) mass is 162 g/mol. The van der Waals surface area contributed by atoms with E-state index in [0.29, 0.717) is 5.76 Å². The lowest BCUT2D eigenvalue weighted by atomic mass is 10.5. The topological polar surface area (TPSA) is 56.2 Å². The average Bonchev–Trinajstić information content (AvgIpc) is 2.74. The van der Waals surface area contributed by atoms with Gasteiger partial charge in [0.15, 0.2) is 0 Å². The third-order valence-electron chi connectivity index (χ3n) is 1.27. The SMILES string of the molecule is C(=N\n1cnnc1)/c1ccco1. The zero-order valence-corrected chi connectivity index (χ0v) is 6.16. The molecule has 60 valence electrons. The molecule has 0 N–H and O–H groups in total. The summed E-state index contributed by atoms with van der Waals surface area (Å²) in [5.74, 6) is 0.698. The molecule has 0 aliphatic heterocycles. The summed E-state index contributed by atoms with van der Waals surface area (Å²) >= 11 is 0. The maximum atomic E-state index is 5.03. The molecular weight excluding hydrogens is 156 g/mol. The summed E-state index contributed by atoms with van der Waals surface area (Å²) in [7, 11) is 0. The van der Waals surface area contributed by atoms with Gasteiger partial charge in [0.2, 0.25) is 0 Å². The van der Waals surface area contributed by atoms with Gasteiger partial charge < -0.3 is 4.42 Å². The van der Waals surface area contributed by atoms with Crippen molar-refractivity contribution in [3.63, 3.8) is 0 Å². The van der Waals surface area contributed by atoms with E-state index in [0.717, 1.165) is 0 Å². The second kappa shape index (κ2) is 3.00. The van der Waals surface area contributed by atoms with Crippen molar-refractivity contribution in [1.82, 2.24) is 14.9 Å². The summed E-state index contributed by atoms with van der Waals surface area (Å²) in [5, 5.41) is 11.2. The highest BCUT2D eigenvalue weighted by atomic mass is 16.3. The van der Waals surface area contributed by atoms with Crippen LogP contribution >= 0.6 is 0 Å². The number of aromatic nitrogens is 3. The highest BCUT2D eigenvalue weighted by Gasteiger charge is 1.88. The normalized spacial score (nSPS) is 11.0. The molecule has 12 heavy (non-hydrogen) atoms. The lowest BCUT2D eigenvalue weighted by Gasteiger charge is -1.85. The van der Waals surface area contributed by atoms with E-state index in [4.69, 9.17) is 4.42 Å². The van der Waals surface area contributed by atoms with Crippen LogP contribution in [0.2, 0.25) is 0 Å². The zero-order chi connectivity index (χ0) is 8.23. The Morgan fingerprint density at radius 1 is 1.42 bits per heavy atom. The first-order valence-corrected chi connectivity index (χ1v) is 3.37. The van der Waals surface area contributed by atoms with Gasteiger partial charge in [0.1, 0.15) is 18.4 Å². The first kappa shape index (κ1) is 6.78. The Labute approximate surface area is 68.3 Å². The smallest absolute Gasteiger partial charge is 0.146 e. The van der Waals surface area contributed by atoms with E-state index >= 15 is 0 Å². The first-order chi connectivity index (χ1) is 5.95. The molecule has 0 fully saturated rings. The van der Waals surface area contributed by atoms with E-state index in [9.17, 15) is 0 Å². The van der Waals surface area contributed by atoms with Crippen LogP contribution in [0.4, 0.5) is 0 Å². The quantitative estimate of drug-likeness (QED) is 0.612. The van der Waals surface area contributed by atoms with Gasteiger partial charge in [0, 0.05) is 0 Å². The molecule has 0 radical (unpaired) electrons. The standard InChI is InChI=1S/C7H6N4O/c1-2-7(12-3-1)4-10-11-5-8-9-6-11/h1-6H/b10-4+. The molecule has 5 nitrogen and oxygen atoms in total. The van der Waals surface area contributed by atoms with Crippen molar-refractivity contribution in [3.8, 4) is 0 Å². The lowest BCUT2D eigenvalue weighted by Crippen LogP contribution is -1.84. The summed E-state index contributed by atoms with van der Waals surface area (Å²) in [6, 6.07) is 3.61. The van der Waals surface area contributed by atoms with Gasteiger partial charge in [-0.05, 0) is 12.1 Å². The highest BCUT2D eigenvalue weighted by Crippen LogP contribution is 1.95. The fraction of sp³-hybridized carbons (Fsp3) is 0. The summed E-state index contributed by atoms with van der Waals surface area (Å²) in [5.41, 5.74) is 0. The summed E-state index contributed by atoms with van der Waals surface area (Å²) < 4.78 is 6.52. The predicted molar refractivity (Wildman–Crippen MR) is 41.7 cm³/mol. The molecule has 2 aromatic heterocycles. The Kier molecular flexibility index (Phi) is 1.69. The third kappa shape index (κ3) is 1.39. The van der Waals surface area contributed by atoms with Crippen LogP contribution in [0, 0.1) is 0 Å². The second-order valence-corrected chi connectivity index (χ2v) is 2.10. The maximum absolute atomic E-state index is 5.03. The van der Waals surface area contributed by atoms with Crippen LogP contribution in [0.5, 0.6) is 0 Å². The number of nitrogens with zero attached hydrogens (tertiary/aromatic N) is 4. The minimum Gasteiger partial charge on any atom is -0.463 e. The van der Waals surface area contributed by atoms with Crippen LogP contribution in [0.3, 0.4) is 0 Å². The minimum absolute atomic E-state index is 0.698. The predicted octanol–water partition coefficient (Wildman–Crippen LogP) is 0.753. The van der Waals surface area contributed by atoms with Gasteiger partial charge in [-0.15, -0.1) is 10.2 Å². The molecule has 0 saturated carbocycles. The molecule has 2 heterocycles. The Morgan fingerprint density at radius 2 is 2.25 bits per heavy atom. The molecule has 2 rings (SSSR count). The average molecular weight is 162 g/mol. The van der Waals surface area contributed by atoms with E-state index in [2.05, 4.69) is 15.3 Å². The van der Waals surface area contributed by atoms with Crippen molar-refractivity contribution in [3.05, 3.63) is 36.8 Å². The van der Waals surface area contributed by atoms with E-state index in [1.54, 1.807) is 18.5 Å². The number of hydrogen-bond donors (Lipinski definition) is 0. The highest BCUT2D eigenvalue weighted by molar-refractivity contribution is 5.75. The molecule has 0 bridgehead atoms. The van der Waals surface area contributed by atoms with E-state index < -0.39 is 0 Å². The van der Waals surface area contributed by atoms with Gasteiger partial charge in [0.25, 0.3) is 0 Å². The van der Waals surface area contributed by atoms with E-state index in [-0.39, 0.29) is 0 Å². The Morgan fingerprint density at radius 3 is 2.92 bits per heavy atom. The molecule has 2 aromatic rings. The Hall–Kier alpha value is -1.91. The molecule has 0 unspecified atom stereocenters. The lowest BCUT2D eigenvalue weighted by molar-refractivity contribution is 0.559. The van der Waals surface area contributed by atoms with Crippen molar-refractivity contribution in [1.29, 1.82) is 0 Å². The van der Waals surface area contributed by atoms with Gasteiger partial charge in [-0.3, -0.25) is 0 Å². The van der Waals surface area contributed by atoms with Crippen LogP contribution in [-0.2, 0) is 0 Å². The van der Waals surface area contributed by atoms with Crippen LogP contribution in [-0.4, -0.2) is 21.1 Å². The van der Waals surface area contributed by atoms with Crippen LogP contribution in [0.1, 0.15) is 5.76 Å². The third-order valence-corrected chi connectivity index (χ3v) is 1.27. The molecule has 5 heteroatoms. The second-order valence-electron chi connectivity index (χ2n) is 2.10. The van der Waals surface area contributed by atoms with Gasteiger partial charge >= 0.3 is 0 Å². The van der Waals surface area contributed by atoms with Crippen molar-refractivity contribution in [2.75, 3.05) is 0 Å². The summed E-state index contributed by atoms with van der Waals surface area (Å²) in [6.45, 7) is 0. The van der Waals surface area contributed by atoms with Crippen molar-refractivity contribution in [2.24, 2.45) is 5.10 Å². The fourth-order valence-electron chi connectivity index (χ4n) is 0.743. The molecular formula is C7H6N4O. The Balaban J connectivity index is 2.14. The zero-order valence-electron chi connectivity index (χ0n) is 6.16. The summed E-state index contributed by atoms with van der Waals surface area (Å²) in [4.78, 5) is 0. The number of rotatable bonds is 2. The van der Waals surface area contributed by atoms with Crippen molar-refractivity contribution >= 4 is 6.21 Å². The molecule has 0 aliphatic carbocycles. The van der Waals surface area contributed by atoms with Crippen molar-refractivity contribution in [2.45, 2.75) is 0 Å². The van der Waals surface area contributed by atoms with Gasteiger partial charge in [-0.2, -0.15) is 5.10 Å². The van der Waals surface area contributed by atoms with Gasteiger partial charge in [-0.1, -0.05) is 0 Å².